The van der Waals surface area contributed by atoms with Crippen LogP contribution in [0.5, 0.6) is 0 Å². The molecule has 3 aliphatic heterocycles. The summed E-state index contributed by atoms with van der Waals surface area (Å²) in [6.45, 7) is 2.24. The molecule has 120 valence electrons. The van der Waals surface area contributed by atoms with Gasteiger partial charge in [0.1, 0.15) is 0 Å². The van der Waals surface area contributed by atoms with Crippen LogP contribution in [0.3, 0.4) is 0 Å². The van der Waals surface area contributed by atoms with Crippen LogP contribution in [0.4, 0.5) is 11.6 Å². The van der Waals surface area contributed by atoms with E-state index in [-0.39, 0.29) is 0 Å². The van der Waals surface area contributed by atoms with Crippen LogP contribution in [0, 0.1) is 0 Å². The topological polar surface area (TPSA) is 68.4 Å². The first-order valence-corrected chi connectivity index (χ1v) is 9.13. The van der Waals surface area contributed by atoms with Gasteiger partial charge >= 0.3 is 0 Å². The number of nitrogens with one attached hydrogen (secondary N) is 3. The van der Waals surface area contributed by atoms with Crippen LogP contribution in [0.2, 0.25) is 0 Å². The molecule has 0 aliphatic carbocycles. The Bertz CT molecular complexity index is 506. The average molecular weight is 321 g/mol. The van der Waals surface area contributed by atoms with E-state index in [0.717, 1.165) is 18.2 Å². The molecule has 0 amide bonds. The molecule has 4 heterocycles. The van der Waals surface area contributed by atoms with Crippen molar-refractivity contribution in [2.24, 2.45) is 0 Å². The molecule has 2 fully saturated rings. The monoisotopic (exact) mass is 321 g/mol. The van der Waals surface area contributed by atoms with E-state index in [2.05, 4.69) is 35.6 Å². The van der Waals surface area contributed by atoms with Crippen LogP contribution in [-0.2, 0) is 0 Å². The van der Waals surface area contributed by atoms with Crippen LogP contribution >= 0.6 is 11.9 Å². The number of hydrogen-bond acceptors (Lipinski definition) is 8. The molecular formula is C14H23N7S. The van der Waals surface area contributed by atoms with Gasteiger partial charge < -0.3 is 0 Å². The van der Waals surface area contributed by atoms with Gasteiger partial charge in [0.05, 0.1) is 12.2 Å². The van der Waals surface area contributed by atoms with Crippen molar-refractivity contribution in [1.29, 1.82) is 0 Å². The number of nitrogens with zero attached hydrogens (tertiary/aromatic N) is 4. The highest BCUT2D eigenvalue weighted by Gasteiger charge is 2.33. The quantitative estimate of drug-likeness (QED) is 0.705. The Morgan fingerprint density at radius 2 is 2.09 bits per heavy atom. The van der Waals surface area contributed by atoms with Gasteiger partial charge in [0.25, 0.3) is 0 Å². The average Bonchev–Trinajstić information content (AvgIpc) is 2.81. The van der Waals surface area contributed by atoms with Crippen LogP contribution in [0.15, 0.2) is 12.4 Å². The van der Waals surface area contributed by atoms with Crippen molar-refractivity contribution in [2.75, 3.05) is 29.3 Å². The van der Waals surface area contributed by atoms with Gasteiger partial charge in [-0.1, -0.05) is 11.9 Å². The van der Waals surface area contributed by atoms with Gasteiger partial charge in [-0.2, -0.15) is 0 Å². The number of anilines is 2. The van der Waals surface area contributed by atoms with Gasteiger partial charge in [-0.3, -0.25) is 15.3 Å². The fourth-order valence-electron chi connectivity index (χ4n) is 3.49. The number of rotatable bonds is 2. The first kappa shape index (κ1) is 14.5. The lowest BCUT2D eigenvalue weighted by atomic mass is 10.0. The smallest absolute Gasteiger partial charge is 0.189 e. The molecule has 8 heteroatoms. The lowest BCUT2D eigenvalue weighted by Gasteiger charge is -2.40. The third kappa shape index (κ3) is 2.88. The second-order valence-corrected chi connectivity index (χ2v) is 7.04. The molecule has 1 unspecified atom stereocenters. The molecular weight excluding hydrogens is 298 g/mol. The molecule has 2 atom stereocenters. The molecule has 3 N–H and O–H groups in total. The van der Waals surface area contributed by atoms with E-state index in [1.807, 2.05) is 11.9 Å². The van der Waals surface area contributed by atoms with E-state index in [9.17, 15) is 0 Å². The maximum absolute atomic E-state index is 4.47. The predicted octanol–water partition coefficient (Wildman–Crippen LogP) is 1.34. The zero-order valence-corrected chi connectivity index (χ0v) is 13.5. The molecule has 1 aromatic rings. The Balaban J connectivity index is 1.45. The summed E-state index contributed by atoms with van der Waals surface area (Å²) in [6.07, 6.45) is 10.3. The molecule has 0 saturated carbocycles. The van der Waals surface area contributed by atoms with Gasteiger partial charge in [0.15, 0.2) is 11.6 Å². The molecule has 0 spiro atoms. The number of likely N-dealkylation sites (tertiary alicyclic amines) is 1. The molecule has 22 heavy (non-hydrogen) atoms. The number of hydrazine groups is 2. The van der Waals surface area contributed by atoms with Crippen molar-refractivity contribution in [2.45, 2.75) is 44.3 Å². The fourth-order valence-corrected chi connectivity index (χ4v) is 4.41. The minimum absolute atomic E-state index is 0.425. The van der Waals surface area contributed by atoms with Gasteiger partial charge in [0.2, 0.25) is 0 Å². The molecule has 0 aromatic carbocycles. The van der Waals surface area contributed by atoms with Crippen molar-refractivity contribution < 1.29 is 0 Å². The Morgan fingerprint density at radius 3 is 3.09 bits per heavy atom. The highest BCUT2D eigenvalue weighted by Crippen LogP contribution is 2.29. The highest BCUT2D eigenvalue weighted by atomic mass is 32.2. The molecule has 3 aliphatic rings. The summed E-state index contributed by atoms with van der Waals surface area (Å²) in [5, 5.41) is 2.15. The fraction of sp³-hybridized carbons (Fsp3) is 0.714. The van der Waals surface area contributed by atoms with Gasteiger partial charge in [0, 0.05) is 24.7 Å². The van der Waals surface area contributed by atoms with Crippen molar-refractivity contribution in [3.05, 3.63) is 12.4 Å². The SMILES string of the molecule is c1cnc2c(n1)NNN2[C@@H]1CCCN(C2CCCCSN2)C1. The van der Waals surface area contributed by atoms with Crippen molar-refractivity contribution in [3.8, 4) is 0 Å². The second-order valence-electron chi connectivity index (χ2n) is 6.10. The maximum atomic E-state index is 4.47. The first-order valence-electron chi connectivity index (χ1n) is 8.15. The predicted molar refractivity (Wildman–Crippen MR) is 89.1 cm³/mol. The summed E-state index contributed by atoms with van der Waals surface area (Å²) in [7, 11) is 0. The molecule has 4 rings (SSSR count). The normalized spacial score (nSPS) is 29.7. The van der Waals surface area contributed by atoms with Crippen molar-refractivity contribution >= 4 is 23.6 Å². The van der Waals surface area contributed by atoms with E-state index >= 15 is 0 Å². The number of piperidine rings is 1. The molecule has 0 radical (unpaired) electrons. The van der Waals surface area contributed by atoms with E-state index in [4.69, 9.17) is 0 Å². The van der Waals surface area contributed by atoms with Gasteiger partial charge in [-0.05, 0) is 38.6 Å². The standard InChI is InChI=1S/C14H23N7S/c1-2-9-22-18-12(5-1)20-8-3-4-11(10-20)21-14-13(17-19-21)15-6-7-16-14/h6-7,11-12,18-19H,1-5,8-10H2,(H,15,17)/t11-,12?/m1/s1. The summed E-state index contributed by atoms with van der Waals surface area (Å²) in [4.78, 5) is 11.4. The lowest BCUT2D eigenvalue weighted by Crippen LogP contribution is -2.56. The largest absolute Gasteiger partial charge is 0.285 e. The summed E-state index contributed by atoms with van der Waals surface area (Å²) >= 11 is 1.88. The Labute approximate surface area is 135 Å². The molecule has 2 saturated heterocycles. The number of hydrogen-bond donors (Lipinski definition) is 3. The van der Waals surface area contributed by atoms with Crippen LogP contribution in [0.25, 0.3) is 0 Å². The van der Waals surface area contributed by atoms with E-state index in [1.165, 1.54) is 44.4 Å². The minimum Gasteiger partial charge on any atom is -0.285 e. The zero-order chi connectivity index (χ0) is 14.8. The van der Waals surface area contributed by atoms with Crippen molar-refractivity contribution in [3.63, 3.8) is 0 Å². The maximum Gasteiger partial charge on any atom is 0.189 e. The van der Waals surface area contributed by atoms with Gasteiger partial charge in [-0.15, -0.1) is 5.53 Å². The Hall–Kier alpha value is -1.09. The lowest BCUT2D eigenvalue weighted by molar-refractivity contribution is 0.131. The zero-order valence-electron chi connectivity index (χ0n) is 12.7. The summed E-state index contributed by atoms with van der Waals surface area (Å²) in [5.74, 6) is 2.97. The second kappa shape index (κ2) is 6.57. The Kier molecular flexibility index (Phi) is 4.33. The van der Waals surface area contributed by atoms with E-state index < -0.39 is 0 Å². The molecule has 7 nitrogen and oxygen atoms in total. The number of fused-ring (bicyclic) bond motifs is 1. The van der Waals surface area contributed by atoms with E-state index in [0.29, 0.717) is 12.2 Å². The highest BCUT2D eigenvalue weighted by molar-refractivity contribution is 7.97. The Morgan fingerprint density at radius 1 is 1.14 bits per heavy atom. The summed E-state index contributed by atoms with van der Waals surface area (Å²) in [6, 6.07) is 0.425. The van der Waals surface area contributed by atoms with Crippen LogP contribution < -0.4 is 20.7 Å². The number of aromatic nitrogens is 2. The van der Waals surface area contributed by atoms with Gasteiger partial charge in [-0.25, -0.2) is 14.7 Å². The van der Waals surface area contributed by atoms with Crippen molar-refractivity contribution in [1.82, 2.24) is 25.1 Å². The summed E-state index contributed by atoms with van der Waals surface area (Å²) in [5.41, 5.74) is 6.35. The van der Waals surface area contributed by atoms with Crippen LogP contribution in [0.1, 0.15) is 32.1 Å². The third-order valence-corrected chi connectivity index (χ3v) is 5.56. The first-order chi connectivity index (χ1) is 10.9. The molecule has 1 aromatic heterocycles. The molecule has 0 bridgehead atoms. The third-order valence-electron chi connectivity index (χ3n) is 4.63. The van der Waals surface area contributed by atoms with E-state index in [1.54, 1.807) is 12.4 Å². The minimum atomic E-state index is 0.425. The van der Waals surface area contributed by atoms with Crippen LogP contribution in [-0.4, -0.2) is 45.9 Å². The summed E-state index contributed by atoms with van der Waals surface area (Å²) < 4.78 is 3.64.